The van der Waals surface area contributed by atoms with E-state index in [4.69, 9.17) is 0 Å². The third-order valence-electron chi connectivity index (χ3n) is 1.56. The van der Waals surface area contributed by atoms with Crippen molar-refractivity contribution in [1.29, 1.82) is 0 Å². The summed E-state index contributed by atoms with van der Waals surface area (Å²) in [7, 11) is 0. The molecule has 120 valence electrons. The maximum Gasteiger partial charge on any atom is 0.464 e. The standard InChI is InChI=1S/C7H3F10IO2/c1-2-19-7(17,3(8,9)4(10,11)12)20-6(15,16)5(13,14)18/h2H,1H2. The van der Waals surface area contributed by atoms with Gasteiger partial charge in [-0.2, -0.15) is 43.9 Å². The fourth-order valence-corrected chi connectivity index (χ4v) is 0.771. The molecule has 1 atom stereocenters. The Labute approximate surface area is 117 Å². The SMILES string of the molecule is C=COC(F)(OC(F)(F)C(F)(F)I)C(F)(F)C(F)(F)F. The first-order valence-electron chi connectivity index (χ1n) is 4.09. The summed E-state index contributed by atoms with van der Waals surface area (Å²) in [5.74, 6) is -6.68. The van der Waals surface area contributed by atoms with Gasteiger partial charge in [0.1, 0.15) is 0 Å². The molecule has 0 bridgehead atoms. The van der Waals surface area contributed by atoms with Crippen LogP contribution in [0.5, 0.6) is 0 Å². The lowest BCUT2D eigenvalue weighted by Crippen LogP contribution is -2.60. The highest BCUT2D eigenvalue weighted by atomic mass is 127. The Morgan fingerprint density at radius 2 is 1.25 bits per heavy atom. The van der Waals surface area contributed by atoms with Gasteiger partial charge in [-0.15, -0.1) is 0 Å². The molecular weight excluding hydrogens is 433 g/mol. The molecule has 0 N–H and O–H groups in total. The molecular formula is C7H3F10IO2. The van der Waals surface area contributed by atoms with Gasteiger partial charge in [-0.05, 0) is 0 Å². The highest BCUT2D eigenvalue weighted by Crippen LogP contribution is 2.52. The summed E-state index contributed by atoms with van der Waals surface area (Å²) in [5.41, 5.74) is 0. The Kier molecular flexibility index (Phi) is 5.25. The lowest BCUT2D eigenvalue weighted by molar-refractivity contribution is -0.506. The molecule has 20 heavy (non-hydrogen) atoms. The molecule has 0 spiro atoms. The van der Waals surface area contributed by atoms with E-state index in [2.05, 4.69) is 16.1 Å². The Hall–Kier alpha value is -0.470. The second kappa shape index (κ2) is 5.38. The molecule has 2 nitrogen and oxygen atoms in total. The van der Waals surface area contributed by atoms with Crippen molar-refractivity contribution < 1.29 is 53.4 Å². The maximum absolute atomic E-state index is 13.3. The number of halogens is 11. The second-order valence-corrected chi connectivity index (χ2v) is 4.36. The Morgan fingerprint density at radius 3 is 1.50 bits per heavy atom. The zero-order chi connectivity index (χ0) is 16.6. The lowest BCUT2D eigenvalue weighted by Gasteiger charge is -2.35. The molecule has 0 amide bonds. The molecule has 0 saturated heterocycles. The van der Waals surface area contributed by atoms with Crippen LogP contribution in [0.1, 0.15) is 0 Å². The molecule has 0 aliphatic carbocycles. The van der Waals surface area contributed by atoms with Crippen molar-refractivity contribution in [3.63, 3.8) is 0 Å². The van der Waals surface area contributed by atoms with E-state index in [0.717, 1.165) is 0 Å². The van der Waals surface area contributed by atoms with Gasteiger partial charge in [0.15, 0.2) is 0 Å². The van der Waals surface area contributed by atoms with E-state index in [9.17, 15) is 43.9 Å². The van der Waals surface area contributed by atoms with Crippen LogP contribution in [-0.2, 0) is 9.47 Å². The molecule has 0 aliphatic rings. The predicted molar refractivity (Wildman–Crippen MR) is 51.1 cm³/mol. The van der Waals surface area contributed by atoms with Crippen LogP contribution in [0.25, 0.3) is 0 Å². The van der Waals surface area contributed by atoms with Crippen LogP contribution in [-0.4, -0.2) is 28.2 Å². The Balaban J connectivity index is 5.72. The Bertz CT molecular complexity index is 362. The van der Waals surface area contributed by atoms with Gasteiger partial charge in [0.05, 0.1) is 6.26 Å². The topological polar surface area (TPSA) is 18.5 Å². The summed E-state index contributed by atoms with van der Waals surface area (Å²) < 4.78 is 124. The van der Waals surface area contributed by atoms with Crippen molar-refractivity contribution in [2.24, 2.45) is 0 Å². The summed E-state index contributed by atoms with van der Waals surface area (Å²) in [6, 6.07) is -5.94. The van der Waals surface area contributed by atoms with Gasteiger partial charge in [-0.3, -0.25) is 0 Å². The molecule has 0 heterocycles. The maximum atomic E-state index is 13.3. The van der Waals surface area contributed by atoms with E-state index < -0.39 is 34.4 Å². The van der Waals surface area contributed by atoms with E-state index in [1.54, 1.807) is 0 Å². The van der Waals surface area contributed by atoms with Gasteiger partial charge in [0.25, 0.3) is 0 Å². The predicted octanol–water partition coefficient (Wildman–Crippen LogP) is 4.60. The molecule has 0 fully saturated rings. The molecule has 0 radical (unpaired) electrons. The first-order valence-corrected chi connectivity index (χ1v) is 5.16. The van der Waals surface area contributed by atoms with Crippen LogP contribution >= 0.6 is 22.6 Å². The van der Waals surface area contributed by atoms with Gasteiger partial charge in [0.2, 0.25) is 0 Å². The molecule has 0 saturated carbocycles. The first kappa shape index (κ1) is 19.5. The molecule has 0 aromatic rings. The first-order chi connectivity index (χ1) is 8.52. The van der Waals surface area contributed by atoms with Gasteiger partial charge in [-0.25, -0.2) is 4.74 Å². The zero-order valence-electron chi connectivity index (χ0n) is 8.76. The van der Waals surface area contributed by atoms with Gasteiger partial charge in [0, 0.05) is 22.6 Å². The lowest BCUT2D eigenvalue weighted by atomic mass is 10.3. The average molecular weight is 436 g/mol. The normalized spacial score (nSPS) is 17.6. The van der Waals surface area contributed by atoms with Crippen molar-refractivity contribution in [1.82, 2.24) is 0 Å². The third-order valence-corrected chi connectivity index (χ3v) is 2.18. The third kappa shape index (κ3) is 3.59. The number of hydrogen-bond donors (Lipinski definition) is 0. The second-order valence-electron chi connectivity index (χ2n) is 3.01. The van der Waals surface area contributed by atoms with E-state index in [0.29, 0.717) is 0 Å². The molecule has 1 unspecified atom stereocenters. The number of alkyl halides is 11. The summed E-state index contributed by atoms with van der Waals surface area (Å²) >= 11 is -0.346. The van der Waals surface area contributed by atoms with Crippen LogP contribution in [0.4, 0.5) is 43.9 Å². The smallest absolute Gasteiger partial charge is 0.440 e. The largest absolute Gasteiger partial charge is 0.464 e. The summed E-state index contributed by atoms with van der Waals surface area (Å²) in [5, 5.41) is 0. The molecule has 0 aromatic carbocycles. The van der Waals surface area contributed by atoms with Crippen molar-refractivity contribution in [2.75, 3.05) is 0 Å². The van der Waals surface area contributed by atoms with Crippen LogP contribution in [0.15, 0.2) is 12.8 Å². The van der Waals surface area contributed by atoms with Crippen molar-refractivity contribution in [3.05, 3.63) is 12.8 Å². The summed E-state index contributed by atoms with van der Waals surface area (Å²) in [6.45, 7) is 2.36. The zero-order valence-corrected chi connectivity index (χ0v) is 10.9. The molecule has 0 aliphatic heterocycles. The summed E-state index contributed by atoms with van der Waals surface area (Å²) in [6.07, 6.45) is -13.2. The monoisotopic (exact) mass is 436 g/mol. The van der Waals surface area contributed by atoms with Crippen LogP contribution < -0.4 is 0 Å². The molecule has 13 heteroatoms. The molecule has 0 aromatic heterocycles. The minimum atomic E-state index is -6.76. The minimum absolute atomic E-state index is 0.346. The summed E-state index contributed by atoms with van der Waals surface area (Å²) in [4.78, 5) is 0. The average Bonchev–Trinajstić information content (AvgIpc) is 2.12. The van der Waals surface area contributed by atoms with Crippen molar-refractivity contribution in [3.8, 4) is 0 Å². The highest BCUT2D eigenvalue weighted by molar-refractivity contribution is 14.1. The van der Waals surface area contributed by atoms with E-state index >= 15 is 0 Å². The number of hydrogen-bond acceptors (Lipinski definition) is 2. The van der Waals surface area contributed by atoms with Crippen LogP contribution in [0, 0.1) is 0 Å². The Morgan fingerprint density at radius 1 is 0.850 bits per heavy atom. The highest BCUT2D eigenvalue weighted by Gasteiger charge is 2.79. The van der Waals surface area contributed by atoms with E-state index in [-0.39, 0.29) is 22.6 Å². The number of ether oxygens (including phenoxy) is 2. The van der Waals surface area contributed by atoms with Crippen molar-refractivity contribution >= 4 is 22.6 Å². The van der Waals surface area contributed by atoms with Gasteiger partial charge < -0.3 is 4.74 Å². The minimum Gasteiger partial charge on any atom is -0.440 e. The van der Waals surface area contributed by atoms with Crippen molar-refractivity contribution in [2.45, 2.75) is 28.2 Å². The van der Waals surface area contributed by atoms with Gasteiger partial charge in [-0.1, -0.05) is 6.58 Å². The van der Waals surface area contributed by atoms with E-state index in [1.807, 2.05) is 0 Å². The number of rotatable bonds is 6. The fraction of sp³-hybridized carbons (Fsp3) is 0.714. The fourth-order valence-electron chi connectivity index (χ4n) is 0.661. The van der Waals surface area contributed by atoms with Crippen LogP contribution in [0.3, 0.4) is 0 Å². The van der Waals surface area contributed by atoms with Gasteiger partial charge >= 0.3 is 28.2 Å². The van der Waals surface area contributed by atoms with E-state index in [1.165, 1.54) is 0 Å². The molecule has 0 rings (SSSR count). The van der Waals surface area contributed by atoms with Crippen LogP contribution in [0.2, 0.25) is 0 Å². The quantitative estimate of drug-likeness (QED) is 0.199.